The summed E-state index contributed by atoms with van der Waals surface area (Å²) in [7, 11) is 0. The molecule has 2 heterocycles. The molecule has 6 heteroatoms. The van der Waals surface area contributed by atoms with Crippen LogP contribution in [-0.4, -0.2) is 52.2 Å². The maximum absolute atomic E-state index is 13.3. The van der Waals surface area contributed by atoms with Gasteiger partial charge in [0.25, 0.3) is 5.91 Å². The van der Waals surface area contributed by atoms with Crippen LogP contribution in [0.1, 0.15) is 47.3 Å². The second-order valence-corrected chi connectivity index (χ2v) is 7.37. The molecule has 4 rings (SSSR count). The standard InChI is InChI=1S/C20H22N2O4/c1-11-3-6-16-14(7-11)15(8-17(21-16)13-4-5-13)19(23)22-9-12(2)26-18(10-22)20(24)25/h3,6-8,12-13,18H,4-5,9-10H2,1-2H3,(H,24,25)/t12-,18?/m1/s1. The minimum Gasteiger partial charge on any atom is -0.479 e. The Hall–Kier alpha value is -2.47. The van der Waals surface area contributed by atoms with E-state index in [0.717, 1.165) is 35.0 Å². The predicted octanol–water partition coefficient (Wildman–Crippen LogP) is 2.73. The van der Waals surface area contributed by atoms with Crippen molar-refractivity contribution < 1.29 is 19.4 Å². The van der Waals surface area contributed by atoms with Crippen molar-refractivity contribution in [1.82, 2.24) is 9.88 Å². The van der Waals surface area contributed by atoms with Gasteiger partial charge in [0.05, 0.1) is 23.7 Å². The van der Waals surface area contributed by atoms with Crippen LogP contribution in [-0.2, 0) is 9.53 Å². The number of hydrogen-bond acceptors (Lipinski definition) is 4. The van der Waals surface area contributed by atoms with Crippen molar-refractivity contribution >= 4 is 22.8 Å². The van der Waals surface area contributed by atoms with Crippen LogP contribution in [0.2, 0.25) is 0 Å². The second-order valence-electron chi connectivity index (χ2n) is 7.37. The lowest BCUT2D eigenvalue weighted by molar-refractivity contribution is -0.160. The van der Waals surface area contributed by atoms with Crippen LogP contribution in [0.4, 0.5) is 0 Å². The molecule has 1 amide bonds. The van der Waals surface area contributed by atoms with Crippen LogP contribution < -0.4 is 0 Å². The van der Waals surface area contributed by atoms with E-state index in [2.05, 4.69) is 0 Å². The number of rotatable bonds is 3. The van der Waals surface area contributed by atoms with Gasteiger partial charge in [-0.2, -0.15) is 0 Å². The summed E-state index contributed by atoms with van der Waals surface area (Å²) < 4.78 is 5.44. The summed E-state index contributed by atoms with van der Waals surface area (Å²) in [6.07, 6.45) is 0.911. The van der Waals surface area contributed by atoms with Gasteiger partial charge in [0.2, 0.25) is 0 Å². The zero-order valence-corrected chi connectivity index (χ0v) is 14.9. The van der Waals surface area contributed by atoms with E-state index in [9.17, 15) is 14.7 Å². The van der Waals surface area contributed by atoms with Crippen LogP contribution in [0.15, 0.2) is 24.3 Å². The van der Waals surface area contributed by atoms with Crippen molar-refractivity contribution in [2.45, 2.75) is 44.8 Å². The largest absolute Gasteiger partial charge is 0.479 e. The van der Waals surface area contributed by atoms with Crippen LogP contribution in [0.5, 0.6) is 0 Å². The van der Waals surface area contributed by atoms with Gasteiger partial charge < -0.3 is 14.7 Å². The number of carbonyl (C=O) groups excluding carboxylic acids is 1. The molecule has 1 aliphatic carbocycles. The normalized spacial score (nSPS) is 23.2. The number of aliphatic carboxylic acids is 1. The molecule has 1 saturated carbocycles. The quantitative estimate of drug-likeness (QED) is 0.917. The molecule has 0 spiro atoms. The number of aryl methyl sites for hydroxylation is 1. The highest BCUT2D eigenvalue weighted by Gasteiger charge is 2.34. The zero-order chi connectivity index (χ0) is 18.4. The lowest BCUT2D eigenvalue weighted by Gasteiger charge is -2.35. The van der Waals surface area contributed by atoms with Crippen molar-refractivity contribution in [3.8, 4) is 0 Å². The van der Waals surface area contributed by atoms with Crippen LogP contribution >= 0.6 is 0 Å². The van der Waals surface area contributed by atoms with E-state index in [0.29, 0.717) is 18.0 Å². The first-order valence-electron chi connectivity index (χ1n) is 9.01. The Kier molecular flexibility index (Phi) is 4.15. The highest BCUT2D eigenvalue weighted by atomic mass is 16.5. The van der Waals surface area contributed by atoms with E-state index in [1.807, 2.05) is 31.2 Å². The molecule has 1 N–H and O–H groups in total. The summed E-state index contributed by atoms with van der Waals surface area (Å²) in [6, 6.07) is 7.83. The summed E-state index contributed by atoms with van der Waals surface area (Å²) in [4.78, 5) is 31.0. The predicted molar refractivity (Wildman–Crippen MR) is 96.3 cm³/mol. The Morgan fingerprint density at radius 3 is 2.69 bits per heavy atom. The first-order valence-corrected chi connectivity index (χ1v) is 9.01. The minimum absolute atomic E-state index is 0.0624. The summed E-state index contributed by atoms with van der Waals surface area (Å²) in [5, 5.41) is 10.1. The van der Waals surface area contributed by atoms with Crippen molar-refractivity contribution in [3.63, 3.8) is 0 Å². The van der Waals surface area contributed by atoms with E-state index >= 15 is 0 Å². The smallest absolute Gasteiger partial charge is 0.334 e. The van der Waals surface area contributed by atoms with Crippen molar-refractivity contribution in [2.24, 2.45) is 0 Å². The zero-order valence-electron chi connectivity index (χ0n) is 14.9. The molecule has 2 atom stereocenters. The third-order valence-corrected chi connectivity index (χ3v) is 5.03. The van der Waals surface area contributed by atoms with Gasteiger partial charge in [0.15, 0.2) is 6.10 Å². The Balaban J connectivity index is 1.75. The number of carboxylic acids is 1. The van der Waals surface area contributed by atoms with Gasteiger partial charge in [-0.3, -0.25) is 9.78 Å². The molecule has 1 unspecified atom stereocenters. The fourth-order valence-corrected chi connectivity index (χ4v) is 3.55. The van der Waals surface area contributed by atoms with Crippen LogP contribution in [0.3, 0.4) is 0 Å². The number of morpholine rings is 1. The van der Waals surface area contributed by atoms with Gasteiger partial charge in [0, 0.05) is 23.5 Å². The highest BCUT2D eigenvalue weighted by molar-refractivity contribution is 6.06. The summed E-state index contributed by atoms with van der Waals surface area (Å²) in [6.45, 7) is 4.23. The molecule has 2 fully saturated rings. The number of benzene rings is 1. The molecule has 1 aliphatic heterocycles. The van der Waals surface area contributed by atoms with Gasteiger partial charge >= 0.3 is 5.97 Å². The average molecular weight is 354 g/mol. The maximum Gasteiger partial charge on any atom is 0.334 e. The maximum atomic E-state index is 13.3. The van der Waals surface area contributed by atoms with Gasteiger partial charge in [-0.1, -0.05) is 11.6 Å². The number of aromatic nitrogens is 1. The summed E-state index contributed by atoms with van der Waals surface area (Å²) in [5.74, 6) is -0.752. The minimum atomic E-state index is -1.04. The number of ether oxygens (including phenoxy) is 1. The first kappa shape index (κ1) is 17.0. The van der Waals surface area contributed by atoms with E-state index < -0.39 is 12.1 Å². The number of hydrogen-bond donors (Lipinski definition) is 1. The van der Waals surface area contributed by atoms with Gasteiger partial charge in [-0.25, -0.2) is 4.79 Å². The Morgan fingerprint density at radius 2 is 2.00 bits per heavy atom. The number of pyridine rings is 1. The molecule has 1 saturated heterocycles. The fraction of sp³-hybridized carbons (Fsp3) is 0.450. The number of carboxylic acid groups (broad SMARTS) is 1. The SMILES string of the molecule is Cc1ccc2nc(C3CC3)cc(C(=O)N3CC(C(=O)O)O[C@H](C)C3)c2c1. The van der Waals surface area contributed by atoms with E-state index in [1.165, 1.54) is 0 Å². The molecule has 26 heavy (non-hydrogen) atoms. The molecule has 0 bridgehead atoms. The molecule has 2 aromatic rings. The van der Waals surface area contributed by atoms with Crippen LogP contribution in [0.25, 0.3) is 10.9 Å². The first-order chi connectivity index (χ1) is 12.4. The third-order valence-electron chi connectivity index (χ3n) is 5.03. The third kappa shape index (κ3) is 3.17. The molecule has 1 aromatic carbocycles. The summed E-state index contributed by atoms with van der Waals surface area (Å²) in [5.41, 5.74) is 3.45. The van der Waals surface area contributed by atoms with Crippen LogP contribution in [0, 0.1) is 6.92 Å². The molecular weight excluding hydrogens is 332 g/mol. The van der Waals surface area contributed by atoms with E-state index in [-0.39, 0.29) is 18.6 Å². The second kappa shape index (κ2) is 6.36. The van der Waals surface area contributed by atoms with Gasteiger partial charge in [0.1, 0.15) is 0 Å². The number of amides is 1. The number of nitrogens with zero attached hydrogens (tertiary/aromatic N) is 2. The van der Waals surface area contributed by atoms with Crippen molar-refractivity contribution in [2.75, 3.05) is 13.1 Å². The topological polar surface area (TPSA) is 79.7 Å². The molecule has 136 valence electrons. The van der Waals surface area contributed by atoms with Gasteiger partial charge in [-0.05, 0) is 44.9 Å². The highest BCUT2D eigenvalue weighted by Crippen LogP contribution is 2.40. The Labute approximate surface area is 151 Å². The lowest BCUT2D eigenvalue weighted by Crippen LogP contribution is -2.51. The van der Waals surface area contributed by atoms with Crippen molar-refractivity contribution in [3.05, 3.63) is 41.1 Å². The molecule has 0 radical (unpaired) electrons. The fourth-order valence-electron chi connectivity index (χ4n) is 3.55. The molecule has 2 aliphatic rings. The molecule has 1 aromatic heterocycles. The molecule has 6 nitrogen and oxygen atoms in total. The number of fused-ring (bicyclic) bond motifs is 1. The van der Waals surface area contributed by atoms with E-state index in [1.54, 1.807) is 11.8 Å². The lowest BCUT2D eigenvalue weighted by atomic mass is 10.0. The number of carbonyl (C=O) groups is 2. The van der Waals surface area contributed by atoms with E-state index in [4.69, 9.17) is 9.72 Å². The monoisotopic (exact) mass is 354 g/mol. The Morgan fingerprint density at radius 1 is 1.23 bits per heavy atom. The molecular formula is C20H22N2O4. The summed E-state index contributed by atoms with van der Waals surface area (Å²) >= 11 is 0. The Bertz CT molecular complexity index is 891. The average Bonchev–Trinajstić information content (AvgIpc) is 3.44. The van der Waals surface area contributed by atoms with Crippen molar-refractivity contribution in [1.29, 1.82) is 0 Å². The van der Waals surface area contributed by atoms with Gasteiger partial charge in [-0.15, -0.1) is 0 Å².